The Bertz CT molecular complexity index is 1160. The van der Waals surface area contributed by atoms with Crippen molar-refractivity contribution in [3.8, 4) is 12.1 Å². The Morgan fingerprint density at radius 3 is 2.41 bits per heavy atom. The van der Waals surface area contributed by atoms with E-state index in [0.717, 1.165) is 11.3 Å². The number of esters is 1. The fourth-order valence-electron chi connectivity index (χ4n) is 4.97. The Morgan fingerprint density at radius 1 is 1.18 bits per heavy atom. The number of allylic oxidation sites excluding steroid dienone is 2. The van der Waals surface area contributed by atoms with Crippen molar-refractivity contribution >= 4 is 23.7 Å². The molecule has 8 nitrogen and oxygen atoms in total. The molecule has 1 aromatic carbocycles. The van der Waals surface area contributed by atoms with Crippen molar-refractivity contribution in [1.82, 2.24) is 0 Å². The van der Waals surface area contributed by atoms with Gasteiger partial charge in [0, 0.05) is 5.92 Å². The van der Waals surface area contributed by atoms with Gasteiger partial charge in [0.15, 0.2) is 0 Å². The monoisotopic (exact) mass is 461 g/mol. The highest BCUT2D eigenvalue weighted by Crippen LogP contribution is 2.56. The Hall–Kier alpha value is -3.91. The lowest BCUT2D eigenvalue weighted by atomic mass is 9.59. The van der Waals surface area contributed by atoms with E-state index >= 15 is 0 Å². The van der Waals surface area contributed by atoms with Crippen LogP contribution in [0.5, 0.6) is 0 Å². The highest BCUT2D eigenvalue weighted by atomic mass is 16.6. The van der Waals surface area contributed by atoms with Crippen LogP contribution in [0.1, 0.15) is 52.0 Å². The average molecular weight is 462 g/mol. The van der Waals surface area contributed by atoms with Gasteiger partial charge in [0.05, 0.1) is 18.4 Å². The number of anilines is 1. The zero-order chi connectivity index (χ0) is 25.3. The van der Waals surface area contributed by atoms with Gasteiger partial charge >= 0.3 is 12.1 Å². The molecule has 1 aliphatic heterocycles. The molecule has 1 aromatic rings. The van der Waals surface area contributed by atoms with E-state index in [1.165, 1.54) is 7.11 Å². The topological polar surface area (TPSA) is 120 Å². The number of carbonyl (C=O) groups is 3. The quantitative estimate of drug-likeness (QED) is 0.370. The Kier molecular flexibility index (Phi) is 6.65. The number of nitriles is 2. The molecule has 0 unspecified atom stereocenters. The Morgan fingerprint density at radius 2 is 1.82 bits per heavy atom. The van der Waals surface area contributed by atoms with E-state index in [2.05, 4.69) is 6.58 Å². The summed E-state index contributed by atoms with van der Waals surface area (Å²) in [5.74, 6) is -2.25. The van der Waals surface area contributed by atoms with E-state index in [0.29, 0.717) is 30.4 Å². The largest absolute Gasteiger partial charge is 0.466 e. The van der Waals surface area contributed by atoms with E-state index < -0.39 is 34.9 Å². The molecule has 1 fully saturated rings. The van der Waals surface area contributed by atoms with Gasteiger partial charge < -0.3 is 9.47 Å². The van der Waals surface area contributed by atoms with E-state index in [1.54, 1.807) is 45.0 Å². The average Bonchev–Trinajstić information content (AvgIpc) is 3.07. The van der Waals surface area contributed by atoms with E-state index in [9.17, 15) is 24.9 Å². The molecule has 2 amide bonds. The summed E-state index contributed by atoms with van der Waals surface area (Å²) >= 11 is 0. The number of amides is 2. The van der Waals surface area contributed by atoms with E-state index in [4.69, 9.17) is 9.47 Å². The van der Waals surface area contributed by atoms with Crippen molar-refractivity contribution in [3.63, 3.8) is 0 Å². The van der Waals surface area contributed by atoms with Gasteiger partial charge in [-0.25, -0.2) is 14.5 Å². The lowest BCUT2D eigenvalue weighted by molar-refractivity contribution is -0.139. The molecule has 0 radical (unpaired) electrons. The maximum atomic E-state index is 14.3. The highest BCUT2D eigenvalue weighted by molar-refractivity contribution is 6.25. The number of imide groups is 1. The third kappa shape index (κ3) is 3.86. The minimum atomic E-state index is -1.73. The van der Waals surface area contributed by atoms with Gasteiger partial charge in [-0.3, -0.25) is 4.79 Å². The number of hydrogen-bond donors (Lipinski definition) is 0. The highest BCUT2D eigenvalue weighted by Gasteiger charge is 2.62. The van der Waals surface area contributed by atoms with Crippen LogP contribution >= 0.6 is 0 Å². The minimum Gasteiger partial charge on any atom is -0.466 e. The molecular formula is C26H27N3O5. The number of ether oxygens (including phenoxy) is 2. The summed E-state index contributed by atoms with van der Waals surface area (Å²) in [6, 6.07) is 10.5. The van der Waals surface area contributed by atoms with Gasteiger partial charge in [-0.2, -0.15) is 10.5 Å². The van der Waals surface area contributed by atoms with Gasteiger partial charge in [-0.15, -0.1) is 0 Å². The second-order valence-corrected chi connectivity index (χ2v) is 9.34. The number of rotatable bonds is 3. The first kappa shape index (κ1) is 24.7. The molecule has 1 saturated carbocycles. The van der Waals surface area contributed by atoms with Crippen LogP contribution in [0.25, 0.3) is 0 Å². The molecule has 2 atom stereocenters. The molecule has 1 heterocycles. The van der Waals surface area contributed by atoms with Crippen LogP contribution in [-0.2, 0) is 24.5 Å². The normalized spacial score (nSPS) is 21.7. The molecule has 176 valence electrons. The van der Waals surface area contributed by atoms with Crippen molar-refractivity contribution in [2.24, 2.45) is 5.92 Å². The fourth-order valence-corrected chi connectivity index (χ4v) is 4.97. The molecule has 0 aromatic heterocycles. The number of benzene rings is 1. The molecule has 0 bridgehead atoms. The Labute approximate surface area is 199 Å². The lowest BCUT2D eigenvalue weighted by Gasteiger charge is -2.40. The standard InChI is InChI=1S/C26H27N3O5/c1-16(22(30)33-5)26(19-11-7-6-10-18(19)17(14-27)15-28)20-12-8-9-13-21(20)29(23(26)31)24(32)34-25(2,3)4/h8-9,12-13,19H,1,6-7,10-11H2,2-5H3/t19-,26+/m0/s1. The minimum absolute atomic E-state index is 0.0947. The number of carbonyl (C=O) groups excluding carboxylic acids is 3. The van der Waals surface area contributed by atoms with Gasteiger partial charge in [-0.1, -0.05) is 31.2 Å². The van der Waals surface area contributed by atoms with Crippen LogP contribution in [0.4, 0.5) is 10.5 Å². The molecule has 3 rings (SSSR count). The molecule has 0 saturated heterocycles. The van der Waals surface area contributed by atoms with Crippen LogP contribution in [-0.4, -0.2) is 30.7 Å². The predicted octanol–water partition coefficient (Wildman–Crippen LogP) is 4.47. The zero-order valence-electron chi connectivity index (χ0n) is 19.8. The first-order valence-electron chi connectivity index (χ1n) is 11.0. The number of hydrogen-bond acceptors (Lipinski definition) is 7. The first-order chi connectivity index (χ1) is 16.0. The number of nitrogens with zero attached hydrogens (tertiary/aromatic N) is 3. The molecule has 1 aliphatic carbocycles. The van der Waals surface area contributed by atoms with Crippen LogP contribution in [0, 0.1) is 28.6 Å². The Balaban J connectivity index is 2.36. The summed E-state index contributed by atoms with van der Waals surface area (Å²) in [4.78, 5) is 41.3. The first-order valence-corrected chi connectivity index (χ1v) is 11.0. The molecule has 2 aliphatic rings. The second kappa shape index (κ2) is 9.15. The van der Waals surface area contributed by atoms with Gasteiger partial charge in [0.25, 0.3) is 5.91 Å². The van der Waals surface area contributed by atoms with Crippen LogP contribution in [0.15, 0.2) is 47.6 Å². The summed E-state index contributed by atoms with van der Waals surface area (Å²) in [6.07, 6.45) is 1.38. The maximum Gasteiger partial charge on any atom is 0.421 e. The van der Waals surface area contributed by atoms with Gasteiger partial charge in [0.2, 0.25) is 0 Å². The van der Waals surface area contributed by atoms with Crippen LogP contribution < -0.4 is 4.90 Å². The van der Waals surface area contributed by atoms with E-state index in [1.807, 2.05) is 12.1 Å². The third-order valence-corrected chi connectivity index (χ3v) is 6.27. The maximum absolute atomic E-state index is 14.3. The van der Waals surface area contributed by atoms with Crippen molar-refractivity contribution in [2.45, 2.75) is 57.5 Å². The predicted molar refractivity (Wildman–Crippen MR) is 123 cm³/mol. The summed E-state index contributed by atoms with van der Waals surface area (Å²) < 4.78 is 10.5. The molecule has 0 spiro atoms. The second-order valence-electron chi connectivity index (χ2n) is 9.34. The van der Waals surface area contributed by atoms with Crippen LogP contribution in [0.2, 0.25) is 0 Å². The number of methoxy groups -OCH3 is 1. The van der Waals surface area contributed by atoms with Gasteiger partial charge in [-0.05, 0) is 57.2 Å². The summed E-state index contributed by atoms with van der Waals surface area (Å²) in [5, 5.41) is 19.3. The number of para-hydroxylation sites is 1. The zero-order valence-corrected chi connectivity index (χ0v) is 19.8. The van der Waals surface area contributed by atoms with Crippen molar-refractivity contribution in [1.29, 1.82) is 10.5 Å². The van der Waals surface area contributed by atoms with Gasteiger partial charge in [0.1, 0.15) is 28.7 Å². The summed E-state index contributed by atoms with van der Waals surface area (Å²) in [7, 11) is 1.19. The number of fused-ring (bicyclic) bond motifs is 1. The SMILES string of the molecule is C=C(C(=O)OC)[C@]1([C@H]2CCCCC2=C(C#N)C#N)C(=O)N(C(=O)OC(C)(C)C)c2ccccc21. The molecule has 34 heavy (non-hydrogen) atoms. The van der Waals surface area contributed by atoms with Crippen molar-refractivity contribution < 1.29 is 23.9 Å². The molecular weight excluding hydrogens is 434 g/mol. The van der Waals surface area contributed by atoms with Crippen molar-refractivity contribution in [3.05, 3.63) is 53.1 Å². The summed E-state index contributed by atoms with van der Waals surface area (Å²) in [5.41, 5.74) is -1.71. The van der Waals surface area contributed by atoms with Crippen molar-refractivity contribution in [2.75, 3.05) is 12.0 Å². The lowest BCUT2D eigenvalue weighted by Crippen LogP contribution is -2.52. The van der Waals surface area contributed by atoms with E-state index in [-0.39, 0.29) is 16.8 Å². The fraction of sp³-hybridized carbons (Fsp3) is 0.423. The summed E-state index contributed by atoms with van der Waals surface area (Å²) in [6.45, 7) is 9.02. The molecule has 0 N–H and O–H groups in total. The third-order valence-electron chi connectivity index (χ3n) is 6.27. The molecule has 8 heteroatoms. The van der Waals surface area contributed by atoms with Crippen LogP contribution in [0.3, 0.4) is 0 Å². The smallest absolute Gasteiger partial charge is 0.421 e.